The van der Waals surface area contributed by atoms with Gasteiger partial charge in [0, 0.05) is 25.2 Å². The van der Waals surface area contributed by atoms with E-state index in [1.807, 2.05) is 25.7 Å². The number of carbonyl (C=O) groups excluding carboxylic acids is 1. The maximum absolute atomic E-state index is 14.1. The summed E-state index contributed by atoms with van der Waals surface area (Å²) >= 11 is 0. The number of para-hydroxylation sites is 2. The van der Waals surface area contributed by atoms with Crippen molar-refractivity contribution in [3.63, 3.8) is 0 Å². The standard InChI is InChI=1S/C28H36F2N6O4/c1-28(2,3)40-27(37)31-19-10-8-18(9-11-19)17-39-23-16-22(33-26(34-23)35-12-14-38-15-13-35)36-21-7-5-4-6-20(21)32-25(36)24(29)30/h4-7,16,18-19,24H,8-15,17H2,1-3H3,(H,31,37). The summed E-state index contributed by atoms with van der Waals surface area (Å²) < 4.78 is 46.5. The van der Waals surface area contributed by atoms with Crippen molar-refractivity contribution in [3.05, 3.63) is 36.2 Å². The van der Waals surface area contributed by atoms with Crippen molar-refractivity contribution in [2.45, 2.75) is 64.5 Å². The van der Waals surface area contributed by atoms with Crippen LogP contribution in [-0.4, -0.2) is 70.2 Å². The molecule has 5 rings (SSSR count). The molecule has 10 nitrogen and oxygen atoms in total. The summed E-state index contributed by atoms with van der Waals surface area (Å²) in [6, 6.07) is 8.65. The Morgan fingerprint density at radius 2 is 1.82 bits per heavy atom. The molecule has 216 valence electrons. The second kappa shape index (κ2) is 11.9. The fourth-order valence-electron chi connectivity index (χ4n) is 5.08. The quantitative estimate of drug-likeness (QED) is 0.430. The van der Waals surface area contributed by atoms with Crippen molar-refractivity contribution in [1.29, 1.82) is 0 Å². The lowest BCUT2D eigenvalue weighted by molar-refractivity contribution is 0.0483. The summed E-state index contributed by atoms with van der Waals surface area (Å²) in [5, 5.41) is 2.96. The third-order valence-electron chi connectivity index (χ3n) is 7.02. The van der Waals surface area contributed by atoms with Crippen LogP contribution in [0.1, 0.15) is 58.7 Å². The minimum atomic E-state index is -2.79. The summed E-state index contributed by atoms with van der Waals surface area (Å²) in [5.74, 6) is 0.889. The van der Waals surface area contributed by atoms with Crippen LogP contribution in [0.25, 0.3) is 16.9 Å². The van der Waals surface area contributed by atoms with E-state index in [9.17, 15) is 13.6 Å². The maximum atomic E-state index is 14.1. The van der Waals surface area contributed by atoms with Gasteiger partial charge in [-0.25, -0.2) is 18.6 Å². The lowest BCUT2D eigenvalue weighted by atomic mass is 9.86. The van der Waals surface area contributed by atoms with Gasteiger partial charge >= 0.3 is 6.09 Å². The first-order valence-electron chi connectivity index (χ1n) is 13.8. The molecule has 1 aromatic carbocycles. The molecule has 0 atom stereocenters. The number of alkyl halides is 2. The third-order valence-corrected chi connectivity index (χ3v) is 7.02. The molecule has 40 heavy (non-hydrogen) atoms. The van der Waals surface area contributed by atoms with Crippen molar-refractivity contribution < 1.29 is 27.8 Å². The number of ether oxygens (including phenoxy) is 3. The number of benzene rings is 1. The van der Waals surface area contributed by atoms with Crippen LogP contribution in [-0.2, 0) is 9.47 Å². The molecule has 2 aliphatic rings. The summed E-state index contributed by atoms with van der Waals surface area (Å²) in [5.41, 5.74) is 0.458. The summed E-state index contributed by atoms with van der Waals surface area (Å²) in [6.45, 7) is 8.17. The van der Waals surface area contributed by atoms with Crippen molar-refractivity contribution in [2.75, 3.05) is 37.8 Å². The smallest absolute Gasteiger partial charge is 0.407 e. The molecule has 2 aromatic heterocycles. The molecule has 1 aliphatic carbocycles. The molecule has 12 heteroatoms. The molecule has 0 bridgehead atoms. The van der Waals surface area contributed by atoms with E-state index < -0.39 is 18.1 Å². The number of amides is 1. The molecular formula is C28H36F2N6O4. The Labute approximate surface area is 232 Å². The number of morpholine rings is 1. The molecule has 2 fully saturated rings. The van der Waals surface area contributed by atoms with Crippen molar-refractivity contribution >= 4 is 23.1 Å². The first-order valence-corrected chi connectivity index (χ1v) is 13.8. The number of nitrogens with one attached hydrogen (secondary N) is 1. The van der Waals surface area contributed by atoms with Crippen molar-refractivity contribution in [2.24, 2.45) is 5.92 Å². The molecule has 1 N–H and O–H groups in total. The maximum Gasteiger partial charge on any atom is 0.407 e. The van der Waals surface area contributed by atoms with Gasteiger partial charge in [0.25, 0.3) is 6.43 Å². The van der Waals surface area contributed by atoms with E-state index in [0.717, 1.165) is 25.7 Å². The summed E-state index contributed by atoms with van der Waals surface area (Å²) in [6.07, 6.45) is 0.196. The zero-order valence-electron chi connectivity index (χ0n) is 23.1. The second-order valence-corrected chi connectivity index (χ2v) is 11.2. The number of carbonyl (C=O) groups is 1. The van der Waals surface area contributed by atoms with Crippen LogP contribution < -0.4 is 15.0 Å². The Balaban J connectivity index is 1.33. The number of nitrogens with zero attached hydrogens (tertiary/aromatic N) is 5. The van der Waals surface area contributed by atoms with Crippen LogP contribution in [0.5, 0.6) is 5.88 Å². The van der Waals surface area contributed by atoms with E-state index in [4.69, 9.17) is 14.2 Å². The van der Waals surface area contributed by atoms with Gasteiger partial charge in [-0.15, -0.1) is 0 Å². The highest BCUT2D eigenvalue weighted by atomic mass is 19.3. The zero-order valence-corrected chi connectivity index (χ0v) is 23.1. The molecule has 0 unspecified atom stereocenters. The highest BCUT2D eigenvalue weighted by Crippen LogP contribution is 2.30. The Morgan fingerprint density at radius 1 is 1.10 bits per heavy atom. The zero-order chi connectivity index (χ0) is 28.3. The van der Waals surface area contributed by atoms with Crippen LogP contribution in [0.2, 0.25) is 0 Å². The minimum absolute atomic E-state index is 0.0620. The summed E-state index contributed by atoms with van der Waals surface area (Å²) in [7, 11) is 0. The SMILES string of the molecule is CC(C)(C)OC(=O)NC1CCC(COc2cc(-n3c(C(F)F)nc4ccccc43)nc(N3CCOCC3)n2)CC1. The van der Waals surface area contributed by atoms with E-state index in [1.54, 1.807) is 30.3 Å². The molecule has 1 saturated carbocycles. The number of hydrogen-bond donors (Lipinski definition) is 1. The van der Waals surface area contributed by atoms with E-state index in [0.29, 0.717) is 55.8 Å². The van der Waals surface area contributed by atoms with Gasteiger partial charge in [-0.3, -0.25) is 4.57 Å². The number of hydrogen-bond acceptors (Lipinski definition) is 8. The average molecular weight is 559 g/mol. The highest BCUT2D eigenvalue weighted by Gasteiger charge is 2.27. The molecule has 1 saturated heterocycles. The molecule has 1 amide bonds. The van der Waals surface area contributed by atoms with E-state index >= 15 is 0 Å². The molecule has 0 spiro atoms. The van der Waals surface area contributed by atoms with Crippen LogP contribution in [0.4, 0.5) is 19.5 Å². The number of aromatic nitrogens is 4. The number of alkyl carbamates (subject to hydrolysis) is 1. The Kier molecular flexibility index (Phi) is 8.34. The first-order chi connectivity index (χ1) is 19.2. The average Bonchev–Trinajstić information content (AvgIpc) is 3.32. The molecule has 3 heterocycles. The fraction of sp³-hybridized carbons (Fsp3) is 0.571. The monoisotopic (exact) mass is 558 g/mol. The van der Waals surface area contributed by atoms with Crippen LogP contribution in [0, 0.1) is 5.92 Å². The lowest BCUT2D eigenvalue weighted by Gasteiger charge is -2.30. The number of rotatable bonds is 7. The van der Waals surface area contributed by atoms with E-state index in [1.165, 1.54) is 4.57 Å². The number of halogens is 2. The molecule has 3 aromatic rings. The highest BCUT2D eigenvalue weighted by molar-refractivity contribution is 5.78. The van der Waals surface area contributed by atoms with Gasteiger partial charge in [0.1, 0.15) is 11.4 Å². The Bertz CT molecular complexity index is 1310. The van der Waals surface area contributed by atoms with E-state index in [2.05, 4.69) is 20.3 Å². The predicted octanol–water partition coefficient (Wildman–Crippen LogP) is 5.05. The van der Waals surface area contributed by atoms with Crippen molar-refractivity contribution in [3.8, 4) is 11.7 Å². The van der Waals surface area contributed by atoms with E-state index in [-0.39, 0.29) is 23.6 Å². The van der Waals surface area contributed by atoms with Gasteiger partial charge in [-0.1, -0.05) is 12.1 Å². The third kappa shape index (κ3) is 6.78. The van der Waals surface area contributed by atoms with Crippen LogP contribution in [0.15, 0.2) is 30.3 Å². The van der Waals surface area contributed by atoms with Gasteiger partial charge in [-0.2, -0.15) is 9.97 Å². The second-order valence-electron chi connectivity index (χ2n) is 11.2. The molecule has 1 aliphatic heterocycles. The molecular weight excluding hydrogens is 522 g/mol. The van der Waals surface area contributed by atoms with Gasteiger partial charge < -0.3 is 24.4 Å². The van der Waals surface area contributed by atoms with Gasteiger partial charge in [0.15, 0.2) is 5.82 Å². The number of fused-ring (bicyclic) bond motifs is 1. The first kappa shape index (κ1) is 28.0. The molecule has 0 radical (unpaired) electrons. The Hall–Kier alpha value is -3.54. The van der Waals surface area contributed by atoms with Gasteiger partial charge in [0.2, 0.25) is 11.8 Å². The van der Waals surface area contributed by atoms with Crippen molar-refractivity contribution in [1.82, 2.24) is 24.8 Å². The van der Waals surface area contributed by atoms with Gasteiger partial charge in [-0.05, 0) is 64.5 Å². The van der Waals surface area contributed by atoms with Crippen LogP contribution >= 0.6 is 0 Å². The predicted molar refractivity (Wildman–Crippen MR) is 145 cm³/mol. The fourth-order valence-corrected chi connectivity index (χ4v) is 5.08. The summed E-state index contributed by atoms with van der Waals surface area (Å²) in [4.78, 5) is 27.6. The van der Waals surface area contributed by atoms with Gasteiger partial charge in [0.05, 0.1) is 30.9 Å². The normalized spacial score (nSPS) is 20.1. The lowest BCUT2D eigenvalue weighted by Crippen LogP contribution is -2.41. The topological polar surface area (TPSA) is 104 Å². The van der Waals surface area contributed by atoms with Crippen LogP contribution in [0.3, 0.4) is 0 Å². The largest absolute Gasteiger partial charge is 0.477 e. The number of anilines is 1. The number of imidazole rings is 1. The Morgan fingerprint density at radius 3 is 2.52 bits per heavy atom. The minimum Gasteiger partial charge on any atom is -0.477 e.